The molecule has 0 N–H and O–H groups in total. The van der Waals surface area contributed by atoms with Gasteiger partial charge in [0, 0.05) is 13.1 Å². The van der Waals surface area contributed by atoms with Crippen LogP contribution >= 0.6 is 34.8 Å². The zero-order chi connectivity index (χ0) is 19.1. The zero-order valence-electron chi connectivity index (χ0n) is 15.7. The van der Waals surface area contributed by atoms with Crippen LogP contribution < -0.4 is 0 Å². The standard InChI is InChI=1S/C9H16ClNO.C8H16.C2H2Cl2O/c1-11(9(12)7-10)8-5-3-2-4-6-8;1-2-8-6-4-3-5-7-8;3-1-2(4)5/h8H,2-7H2,1H3;8H,2-7H2,1H3;1H2. The molecular weight excluding hydrogens is 381 g/mol. The number of amides is 1. The second-order valence-corrected chi connectivity index (χ2v) is 7.79. The van der Waals surface area contributed by atoms with E-state index in [1.807, 2.05) is 11.9 Å². The second kappa shape index (κ2) is 16.2. The van der Waals surface area contributed by atoms with E-state index in [2.05, 4.69) is 6.92 Å². The van der Waals surface area contributed by atoms with Crippen LogP contribution in [0.3, 0.4) is 0 Å². The highest BCUT2D eigenvalue weighted by Gasteiger charge is 2.20. The van der Waals surface area contributed by atoms with E-state index >= 15 is 0 Å². The van der Waals surface area contributed by atoms with Gasteiger partial charge in [-0.3, -0.25) is 9.59 Å². The molecule has 1 amide bonds. The van der Waals surface area contributed by atoms with Gasteiger partial charge in [0.1, 0.15) is 5.88 Å². The summed E-state index contributed by atoms with van der Waals surface area (Å²) in [6.45, 7) is 2.32. The lowest BCUT2D eigenvalue weighted by atomic mass is 9.88. The molecule has 0 heterocycles. The lowest BCUT2D eigenvalue weighted by Crippen LogP contribution is -2.38. The van der Waals surface area contributed by atoms with Crippen LogP contribution in [0.5, 0.6) is 0 Å². The minimum Gasteiger partial charge on any atom is -0.342 e. The van der Waals surface area contributed by atoms with Crippen molar-refractivity contribution in [3.63, 3.8) is 0 Å². The number of hydrogen-bond acceptors (Lipinski definition) is 2. The monoisotopic (exact) mass is 413 g/mol. The van der Waals surface area contributed by atoms with Crippen LogP contribution in [0, 0.1) is 5.92 Å². The summed E-state index contributed by atoms with van der Waals surface area (Å²) in [6, 6.07) is 0.449. The van der Waals surface area contributed by atoms with Crippen molar-refractivity contribution in [3.05, 3.63) is 0 Å². The van der Waals surface area contributed by atoms with E-state index in [-0.39, 0.29) is 17.7 Å². The lowest BCUT2D eigenvalue weighted by molar-refractivity contribution is -0.129. The van der Waals surface area contributed by atoms with Crippen molar-refractivity contribution in [1.29, 1.82) is 0 Å². The Labute approximate surface area is 168 Å². The number of alkyl halides is 2. The second-order valence-electron chi connectivity index (χ2n) is 6.83. The summed E-state index contributed by atoms with van der Waals surface area (Å²) in [6.07, 6.45) is 15.1. The van der Waals surface area contributed by atoms with Crippen LogP contribution in [0.4, 0.5) is 0 Å². The molecule has 0 aliphatic heterocycles. The first kappa shape index (κ1) is 25.0. The van der Waals surface area contributed by atoms with Crippen molar-refractivity contribution >= 4 is 46.0 Å². The molecule has 6 heteroatoms. The van der Waals surface area contributed by atoms with Crippen LogP contribution in [0.1, 0.15) is 77.6 Å². The number of nitrogens with zero attached hydrogens (tertiary/aromatic N) is 1. The molecule has 2 fully saturated rings. The van der Waals surface area contributed by atoms with Gasteiger partial charge >= 0.3 is 0 Å². The van der Waals surface area contributed by atoms with Crippen LogP contribution in [0.15, 0.2) is 0 Å². The minimum atomic E-state index is -0.508. The molecule has 0 saturated heterocycles. The Morgan fingerprint density at radius 1 is 0.880 bits per heavy atom. The maximum absolute atomic E-state index is 11.2. The average molecular weight is 415 g/mol. The quantitative estimate of drug-likeness (QED) is 0.419. The predicted octanol–water partition coefficient (Wildman–Crippen LogP) is 5.98. The van der Waals surface area contributed by atoms with Crippen molar-refractivity contribution in [1.82, 2.24) is 4.90 Å². The lowest BCUT2D eigenvalue weighted by Gasteiger charge is -2.30. The molecule has 0 unspecified atom stereocenters. The van der Waals surface area contributed by atoms with E-state index in [4.69, 9.17) is 34.8 Å². The van der Waals surface area contributed by atoms with Gasteiger partial charge in [0.2, 0.25) is 11.1 Å². The first-order valence-corrected chi connectivity index (χ1v) is 11.0. The van der Waals surface area contributed by atoms with E-state index in [0.717, 1.165) is 18.8 Å². The van der Waals surface area contributed by atoms with Crippen molar-refractivity contribution in [2.45, 2.75) is 83.6 Å². The van der Waals surface area contributed by atoms with E-state index < -0.39 is 5.24 Å². The molecule has 0 atom stereocenters. The van der Waals surface area contributed by atoms with Gasteiger partial charge in [-0.05, 0) is 30.4 Å². The summed E-state index contributed by atoms with van der Waals surface area (Å²) in [4.78, 5) is 22.5. The highest BCUT2D eigenvalue weighted by Crippen LogP contribution is 2.25. The molecule has 2 aliphatic rings. The molecule has 2 aliphatic carbocycles. The summed E-state index contributed by atoms with van der Waals surface area (Å²) in [7, 11) is 1.86. The summed E-state index contributed by atoms with van der Waals surface area (Å²) < 4.78 is 0. The van der Waals surface area contributed by atoms with E-state index in [1.54, 1.807) is 0 Å². The van der Waals surface area contributed by atoms with Crippen LogP contribution in [0.25, 0.3) is 0 Å². The fraction of sp³-hybridized carbons (Fsp3) is 0.895. The number of carbonyl (C=O) groups is 2. The van der Waals surface area contributed by atoms with Crippen LogP contribution in [0.2, 0.25) is 0 Å². The maximum Gasteiger partial charge on any atom is 0.237 e. The Morgan fingerprint density at radius 3 is 1.64 bits per heavy atom. The predicted molar refractivity (Wildman–Crippen MR) is 109 cm³/mol. The Balaban J connectivity index is 0.000000382. The molecule has 0 aromatic rings. The highest BCUT2D eigenvalue weighted by atomic mass is 35.5. The van der Waals surface area contributed by atoms with Gasteiger partial charge in [-0.2, -0.15) is 0 Å². The highest BCUT2D eigenvalue weighted by molar-refractivity contribution is 6.67. The first-order valence-electron chi connectivity index (χ1n) is 9.52. The van der Waals surface area contributed by atoms with Gasteiger partial charge in [0.25, 0.3) is 0 Å². The SMILES string of the molecule is CCC1CCCCC1.CN(C(=O)CCl)C1CCCCC1.O=C(Cl)CCl. The van der Waals surface area contributed by atoms with Gasteiger partial charge in [0.05, 0.1) is 5.88 Å². The molecular formula is C19H34Cl3NO2. The third kappa shape index (κ3) is 12.9. The largest absolute Gasteiger partial charge is 0.342 e. The fourth-order valence-corrected chi connectivity index (χ4v) is 3.55. The van der Waals surface area contributed by atoms with E-state index in [1.165, 1.54) is 57.8 Å². The number of carbonyl (C=O) groups excluding carboxylic acids is 2. The summed E-state index contributed by atoms with van der Waals surface area (Å²) >= 11 is 15.0. The molecule has 25 heavy (non-hydrogen) atoms. The smallest absolute Gasteiger partial charge is 0.237 e. The normalized spacial score (nSPS) is 18.3. The molecule has 148 valence electrons. The van der Waals surface area contributed by atoms with Crippen molar-refractivity contribution in [2.75, 3.05) is 18.8 Å². The van der Waals surface area contributed by atoms with Gasteiger partial charge in [0.15, 0.2) is 0 Å². The molecule has 2 saturated carbocycles. The zero-order valence-corrected chi connectivity index (χ0v) is 18.0. The number of rotatable bonds is 4. The molecule has 0 aromatic carbocycles. The molecule has 2 rings (SSSR count). The Bertz CT molecular complexity index is 355. The van der Waals surface area contributed by atoms with Crippen molar-refractivity contribution < 1.29 is 9.59 Å². The van der Waals surface area contributed by atoms with Crippen molar-refractivity contribution in [2.24, 2.45) is 5.92 Å². The molecule has 0 spiro atoms. The summed E-state index contributed by atoms with van der Waals surface area (Å²) in [5, 5.41) is -0.508. The van der Waals surface area contributed by atoms with Gasteiger partial charge in [-0.25, -0.2) is 0 Å². The fourth-order valence-electron chi connectivity index (χ4n) is 3.36. The van der Waals surface area contributed by atoms with Gasteiger partial charge in [-0.15, -0.1) is 23.2 Å². The minimum absolute atomic E-state index is 0.0589. The maximum atomic E-state index is 11.2. The van der Waals surface area contributed by atoms with Gasteiger partial charge in [-0.1, -0.05) is 64.7 Å². The molecule has 0 bridgehead atoms. The molecule has 3 nitrogen and oxygen atoms in total. The topological polar surface area (TPSA) is 37.4 Å². The van der Waals surface area contributed by atoms with E-state index in [0.29, 0.717) is 6.04 Å². The third-order valence-electron chi connectivity index (χ3n) is 5.04. The van der Waals surface area contributed by atoms with Crippen LogP contribution in [-0.4, -0.2) is 40.9 Å². The summed E-state index contributed by atoms with van der Waals surface area (Å²) in [5.41, 5.74) is 0. The number of hydrogen-bond donors (Lipinski definition) is 0. The number of halogens is 3. The Kier molecular flexibility index (Phi) is 16.2. The van der Waals surface area contributed by atoms with Gasteiger partial charge < -0.3 is 4.90 Å². The Hall–Kier alpha value is 0.01000. The van der Waals surface area contributed by atoms with Crippen molar-refractivity contribution in [3.8, 4) is 0 Å². The average Bonchev–Trinajstić information content (AvgIpc) is 2.69. The third-order valence-corrected chi connectivity index (χ3v) is 5.78. The molecule has 0 radical (unpaired) electrons. The Morgan fingerprint density at radius 2 is 1.32 bits per heavy atom. The molecule has 0 aromatic heterocycles. The first-order chi connectivity index (χ1) is 12.0. The van der Waals surface area contributed by atoms with Crippen LogP contribution in [-0.2, 0) is 9.59 Å². The summed E-state index contributed by atoms with van der Waals surface area (Å²) in [5.74, 6) is 1.17. The van der Waals surface area contributed by atoms with E-state index in [9.17, 15) is 9.59 Å².